The van der Waals surface area contributed by atoms with E-state index in [2.05, 4.69) is 15.3 Å². The van der Waals surface area contributed by atoms with Gasteiger partial charge in [0.05, 0.1) is 6.61 Å². The Kier molecular flexibility index (Phi) is 13.4. The summed E-state index contributed by atoms with van der Waals surface area (Å²) in [5, 5.41) is 6.30. The van der Waals surface area contributed by atoms with Crippen LogP contribution in [0.25, 0.3) is 10.4 Å². The summed E-state index contributed by atoms with van der Waals surface area (Å²) in [4.78, 5) is 25.2. The molecule has 0 heterocycles. The van der Waals surface area contributed by atoms with E-state index in [0.717, 1.165) is 38.5 Å². The van der Waals surface area contributed by atoms with E-state index >= 15 is 0 Å². The molecule has 0 aromatic carbocycles. The van der Waals surface area contributed by atoms with Crippen LogP contribution in [0, 0.1) is 0 Å². The molecule has 0 fully saturated rings. The minimum absolute atomic E-state index is 0.0594. The number of nitrogens with one attached hydrogen (secondary N) is 1. The maximum absolute atomic E-state index is 11.5. The molecule has 0 bridgehead atoms. The highest BCUT2D eigenvalue weighted by Gasteiger charge is 2.02. The van der Waals surface area contributed by atoms with E-state index in [9.17, 15) is 9.59 Å². The van der Waals surface area contributed by atoms with Crippen LogP contribution in [0.3, 0.4) is 0 Å². The SMILES string of the molecule is CCOC(=O)CCCCCNC(=O)CCCCCN=[N+]=[N-]. The number of esters is 1. The molecule has 0 aromatic rings. The minimum Gasteiger partial charge on any atom is -0.466 e. The van der Waals surface area contributed by atoms with Crippen molar-refractivity contribution < 1.29 is 14.3 Å². The summed E-state index contributed by atoms with van der Waals surface area (Å²) in [6.45, 7) is 3.38. The summed E-state index contributed by atoms with van der Waals surface area (Å²) >= 11 is 0. The number of hydrogen-bond donors (Lipinski definition) is 1. The first-order chi connectivity index (χ1) is 10.2. The zero-order valence-electron chi connectivity index (χ0n) is 12.8. The van der Waals surface area contributed by atoms with Crippen molar-refractivity contribution in [2.75, 3.05) is 19.7 Å². The standard InChI is InChI=1S/C14H26N4O3/c1-2-21-14(20)10-6-4-7-11-16-13(19)9-5-3-8-12-17-18-15/h2-12H2,1H3,(H,16,19). The molecule has 7 nitrogen and oxygen atoms in total. The second kappa shape index (κ2) is 14.7. The number of amides is 1. The summed E-state index contributed by atoms with van der Waals surface area (Å²) in [6.07, 6.45) is 6.08. The lowest BCUT2D eigenvalue weighted by Gasteiger charge is -2.05. The van der Waals surface area contributed by atoms with E-state index in [1.54, 1.807) is 6.92 Å². The molecule has 0 aliphatic heterocycles. The second-order valence-corrected chi connectivity index (χ2v) is 4.73. The van der Waals surface area contributed by atoms with Crippen molar-refractivity contribution in [2.45, 2.75) is 58.3 Å². The average molecular weight is 298 g/mol. The van der Waals surface area contributed by atoms with Crippen molar-refractivity contribution in [3.8, 4) is 0 Å². The first-order valence-corrected chi connectivity index (χ1v) is 7.64. The Morgan fingerprint density at radius 1 is 1.10 bits per heavy atom. The smallest absolute Gasteiger partial charge is 0.305 e. The van der Waals surface area contributed by atoms with Gasteiger partial charge in [0.1, 0.15) is 0 Å². The zero-order chi connectivity index (χ0) is 15.8. The van der Waals surface area contributed by atoms with E-state index in [-0.39, 0.29) is 11.9 Å². The maximum atomic E-state index is 11.5. The fraction of sp³-hybridized carbons (Fsp3) is 0.857. The third-order valence-corrected chi connectivity index (χ3v) is 2.91. The van der Waals surface area contributed by atoms with Crippen LogP contribution in [0.1, 0.15) is 58.3 Å². The van der Waals surface area contributed by atoms with Gasteiger partial charge < -0.3 is 10.1 Å². The zero-order valence-corrected chi connectivity index (χ0v) is 12.8. The van der Waals surface area contributed by atoms with Gasteiger partial charge in [-0.1, -0.05) is 18.0 Å². The highest BCUT2D eigenvalue weighted by atomic mass is 16.5. The topological polar surface area (TPSA) is 104 Å². The Hall–Kier alpha value is -1.75. The van der Waals surface area contributed by atoms with Gasteiger partial charge in [-0.2, -0.15) is 0 Å². The van der Waals surface area contributed by atoms with Crippen LogP contribution in [0.2, 0.25) is 0 Å². The molecule has 120 valence electrons. The molecule has 7 heteroatoms. The largest absolute Gasteiger partial charge is 0.466 e. The lowest BCUT2D eigenvalue weighted by molar-refractivity contribution is -0.143. The van der Waals surface area contributed by atoms with Crippen molar-refractivity contribution >= 4 is 11.9 Å². The maximum Gasteiger partial charge on any atom is 0.305 e. The molecule has 0 unspecified atom stereocenters. The lowest BCUT2D eigenvalue weighted by Crippen LogP contribution is -2.24. The van der Waals surface area contributed by atoms with Gasteiger partial charge in [-0.15, -0.1) is 0 Å². The summed E-state index contributed by atoms with van der Waals surface area (Å²) in [5.74, 6) is -0.0913. The van der Waals surface area contributed by atoms with Crippen molar-refractivity contribution in [1.29, 1.82) is 0 Å². The van der Waals surface area contributed by atoms with Crippen LogP contribution in [0.5, 0.6) is 0 Å². The highest BCUT2D eigenvalue weighted by Crippen LogP contribution is 2.02. The molecule has 0 rings (SSSR count). The summed E-state index contributed by atoms with van der Waals surface area (Å²) in [7, 11) is 0. The first kappa shape index (κ1) is 19.2. The molecule has 1 N–H and O–H groups in total. The van der Waals surface area contributed by atoms with E-state index in [0.29, 0.717) is 32.5 Å². The van der Waals surface area contributed by atoms with Crippen molar-refractivity contribution in [3.63, 3.8) is 0 Å². The Morgan fingerprint density at radius 3 is 2.52 bits per heavy atom. The number of carbonyl (C=O) groups excluding carboxylic acids is 2. The van der Waals surface area contributed by atoms with Gasteiger partial charge in [-0.05, 0) is 38.1 Å². The van der Waals surface area contributed by atoms with E-state index in [1.165, 1.54) is 0 Å². The average Bonchev–Trinajstić information content (AvgIpc) is 2.46. The van der Waals surface area contributed by atoms with Gasteiger partial charge in [0.25, 0.3) is 0 Å². The van der Waals surface area contributed by atoms with E-state index < -0.39 is 0 Å². The molecular formula is C14H26N4O3. The molecule has 21 heavy (non-hydrogen) atoms. The van der Waals surface area contributed by atoms with Crippen molar-refractivity contribution in [3.05, 3.63) is 10.4 Å². The number of unbranched alkanes of at least 4 members (excludes halogenated alkanes) is 4. The molecular weight excluding hydrogens is 272 g/mol. The fourth-order valence-corrected chi connectivity index (χ4v) is 1.81. The first-order valence-electron chi connectivity index (χ1n) is 7.64. The van der Waals surface area contributed by atoms with Gasteiger partial charge in [-0.3, -0.25) is 9.59 Å². The Balaban J connectivity index is 3.30. The van der Waals surface area contributed by atoms with E-state index in [4.69, 9.17) is 10.3 Å². The summed E-state index contributed by atoms with van der Waals surface area (Å²) in [6, 6.07) is 0. The van der Waals surface area contributed by atoms with Gasteiger partial charge in [0.2, 0.25) is 5.91 Å². The molecule has 0 aromatic heterocycles. The van der Waals surface area contributed by atoms with Crippen LogP contribution in [-0.4, -0.2) is 31.6 Å². The molecule has 1 amide bonds. The number of hydrogen-bond acceptors (Lipinski definition) is 4. The van der Waals surface area contributed by atoms with Crippen molar-refractivity contribution in [1.82, 2.24) is 5.32 Å². The minimum atomic E-state index is -0.151. The molecule has 0 saturated heterocycles. The molecule has 0 spiro atoms. The van der Waals surface area contributed by atoms with Gasteiger partial charge in [0, 0.05) is 30.8 Å². The predicted octanol–water partition coefficient (Wildman–Crippen LogP) is 3.10. The monoisotopic (exact) mass is 298 g/mol. The quantitative estimate of drug-likeness (QED) is 0.186. The second-order valence-electron chi connectivity index (χ2n) is 4.73. The number of nitrogens with zero attached hydrogens (tertiary/aromatic N) is 3. The third-order valence-electron chi connectivity index (χ3n) is 2.91. The summed E-state index contributed by atoms with van der Waals surface area (Å²) < 4.78 is 4.83. The summed E-state index contributed by atoms with van der Waals surface area (Å²) in [5.41, 5.74) is 8.10. The number of azide groups is 1. The molecule has 0 radical (unpaired) electrons. The molecule has 0 saturated carbocycles. The predicted molar refractivity (Wildman–Crippen MR) is 80.6 cm³/mol. The Bertz CT molecular complexity index is 341. The molecule has 0 atom stereocenters. The fourth-order valence-electron chi connectivity index (χ4n) is 1.81. The van der Waals surface area contributed by atoms with Crippen LogP contribution < -0.4 is 5.32 Å². The van der Waals surface area contributed by atoms with Gasteiger partial charge in [-0.25, -0.2) is 0 Å². The Morgan fingerprint density at radius 2 is 1.81 bits per heavy atom. The lowest BCUT2D eigenvalue weighted by atomic mass is 10.1. The highest BCUT2D eigenvalue weighted by molar-refractivity contribution is 5.75. The van der Waals surface area contributed by atoms with Gasteiger partial charge >= 0.3 is 5.97 Å². The molecule has 0 aliphatic carbocycles. The number of ether oxygens (including phenoxy) is 1. The van der Waals surface area contributed by atoms with Gasteiger partial charge in [0.15, 0.2) is 0 Å². The number of carbonyl (C=O) groups is 2. The third kappa shape index (κ3) is 14.5. The van der Waals surface area contributed by atoms with Crippen LogP contribution in [-0.2, 0) is 14.3 Å². The van der Waals surface area contributed by atoms with Crippen LogP contribution >= 0.6 is 0 Å². The van der Waals surface area contributed by atoms with Crippen LogP contribution in [0.4, 0.5) is 0 Å². The number of rotatable bonds is 13. The normalized spacial score (nSPS) is 9.76. The van der Waals surface area contributed by atoms with E-state index in [1.807, 2.05) is 0 Å². The van der Waals surface area contributed by atoms with Crippen LogP contribution in [0.15, 0.2) is 5.11 Å². The Labute approximate surface area is 126 Å². The molecule has 0 aliphatic rings. The van der Waals surface area contributed by atoms with Crippen molar-refractivity contribution in [2.24, 2.45) is 5.11 Å².